The van der Waals surface area contributed by atoms with Crippen LogP contribution in [0.4, 0.5) is 0 Å². The van der Waals surface area contributed by atoms with Gasteiger partial charge in [-0.3, -0.25) is 0 Å². The molecule has 0 atom stereocenters. The van der Waals surface area contributed by atoms with Gasteiger partial charge in [-0.1, -0.05) is 12.8 Å². The zero-order valence-corrected chi connectivity index (χ0v) is 6.84. The van der Waals surface area contributed by atoms with Gasteiger partial charge >= 0.3 is 0 Å². The lowest BCUT2D eigenvalue weighted by Crippen LogP contribution is -2.41. The van der Waals surface area contributed by atoms with Crippen molar-refractivity contribution in [3.05, 3.63) is 0 Å². The Morgan fingerprint density at radius 1 is 0.727 bits per heavy atom. The highest BCUT2D eigenvalue weighted by molar-refractivity contribution is 4.99. The smallest absolute Gasteiger partial charge is 0.168 e. The minimum atomic E-state index is -1.33. The van der Waals surface area contributed by atoms with Crippen molar-refractivity contribution in [3.8, 4) is 0 Å². The molecule has 0 unspecified atom stereocenters. The first-order valence-corrected chi connectivity index (χ1v) is 4.61. The van der Waals surface area contributed by atoms with Gasteiger partial charge in [0.2, 0.25) is 0 Å². The third-order valence-electron chi connectivity index (χ3n) is 3.59. The maximum Gasteiger partial charge on any atom is 0.168 e. The fourth-order valence-electron chi connectivity index (χ4n) is 2.84. The van der Waals surface area contributed by atoms with E-state index in [2.05, 4.69) is 0 Å². The Hall–Kier alpha value is -0.0800. The van der Waals surface area contributed by atoms with Gasteiger partial charge in [-0.15, -0.1) is 0 Å². The molecule has 0 aromatic heterocycles. The molecule has 0 saturated heterocycles. The van der Waals surface area contributed by atoms with Crippen molar-refractivity contribution < 1.29 is 10.2 Å². The Morgan fingerprint density at radius 3 is 1.73 bits per heavy atom. The Kier molecular flexibility index (Phi) is 1.52. The van der Waals surface area contributed by atoms with Crippen LogP contribution >= 0.6 is 0 Å². The highest BCUT2D eigenvalue weighted by atomic mass is 16.5. The summed E-state index contributed by atoms with van der Waals surface area (Å²) in [6.45, 7) is 0. The van der Waals surface area contributed by atoms with Gasteiger partial charge in [0.1, 0.15) is 0 Å². The van der Waals surface area contributed by atoms with Crippen molar-refractivity contribution in [1.29, 1.82) is 0 Å². The maximum atomic E-state index is 9.70. The van der Waals surface area contributed by atoms with Crippen LogP contribution in [0.15, 0.2) is 0 Å². The molecule has 11 heavy (non-hydrogen) atoms. The third kappa shape index (κ3) is 0.926. The van der Waals surface area contributed by atoms with Gasteiger partial charge in [0.15, 0.2) is 5.79 Å². The van der Waals surface area contributed by atoms with Crippen LogP contribution in [0.2, 0.25) is 0 Å². The Balaban J connectivity index is 2.22. The minimum Gasteiger partial charge on any atom is -0.365 e. The molecule has 2 rings (SSSR count). The molecule has 1 spiro atoms. The molecule has 0 aromatic rings. The Bertz CT molecular complexity index is 151. The van der Waals surface area contributed by atoms with E-state index in [0.717, 1.165) is 25.7 Å². The molecule has 0 aliphatic heterocycles. The van der Waals surface area contributed by atoms with Crippen LogP contribution in [0.1, 0.15) is 44.9 Å². The second-order valence-electron chi connectivity index (χ2n) is 4.16. The van der Waals surface area contributed by atoms with Gasteiger partial charge in [0, 0.05) is 11.8 Å². The lowest BCUT2D eigenvalue weighted by atomic mass is 9.80. The molecule has 0 aromatic carbocycles. The van der Waals surface area contributed by atoms with Gasteiger partial charge in [-0.2, -0.15) is 0 Å². The Morgan fingerprint density at radius 2 is 1.27 bits per heavy atom. The highest BCUT2D eigenvalue weighted by Gasteiger charge is 2.53. The summed E-state index contributed by atoms with van der Waals surface area (Å²) in [4.78, 5) is 0. The summed E-state index contributed by atoms with van der Waals surface area (Å²) in [7, 11) is 0. The van der Waals surface area contributed by atoms with Gasteiger partial charge < -0.3 is 10.2 Å². The van der Waals surface area contributed by atoms with Crippen LogP contribution in [-0.2, 0) is 0 Å². The van der Waals surface area contributed by atoms with Crippen LogP contribution in [0.3, 0.4) is 0 Å². The fourth-order valence-corrected chi connectivity index (χ4v) is 2.84. The van der Waals surface area contributed by atoms with E-state index in [1.165, 1.54) is 12.8 Å². The molecule has 2 saturated carbocycles. The van der Waals surface area contributed by atoms with E-state index < -0.39 is 5.79 Å². The quantitative estimate of drug-likeness (QED) is 0.521. The SMILES string of the molecule is OC1(O)CCCC12CCCC2. The van der Waals surface area contributed by atoms with E-state index in [-0.39, 0.29) is 5.41 Å². The monoisotopic (exact) mass is 156 g/mol. The molecule has 2 fully saturated rings. The van der Waals surface area contributed by atoms with E-state index in [1.54, 1.807) is 0 Å². The largest absolute Gasteiger partial charge is 0.365 e. The van der Waals surface area contributed by atoms with Crippen molar-refractivity contribution in [3.63, 3.8) is 0 Å². The summed E-state index contributed by atoms with van der Waals surface area (Å²) >= 11 is 0. The predicted molar refractivity (Wildman–Crippen MR) is 41.9 cm³/mol. The average molecular weight is 156 g/mol. The summed E-state index contributed by atoms with van der Waals surface area (Å²) in [5, 5.41) is 19.4. The molecule has 64 valence electrons. The van der Waals surface area contributed by atoms with Crippen molar-refractivity contribution in [1.82, 2.24) is 0 Å². The van der Waals surface area contributed by atoms with E-state index in [4.69, 9.17) is 0 Å². The number of aliphatic hydroxyl groups is 2. The summed E-state index contributed by atoms with van der Waals surface area (Å²) < 4.78 is 0. The first-order chi connectivity index (χ1) is 5.16. The van der Waals surface area contributed by atoms with Gasteiger partial charge in [-0.25, -0.2) is 0 Å². The second kappa shape index (κ2) is 2.20. The summed E-state index contributed by atoms with van der Waals surface area (Å²) in [6, 6.07) is 0. The Labute approximate surface area is 67.2 Å². The van der Waals surface area contributed by atoms with Crippen molar-refractivity contribution in [2.24, 2.45) is 5.41 Å². The van der Waals surface area contributed by atoms with E-state index in [9.17, 15) is 10.2 Å². The normalized spacial score (nSPS) is 33.3. The topological polar surface area (TPSA) is 40.5 Å². The van der Waals surface area contributed by atoms with E-state index >= 15 is 0 Å². The first-order valence-electron chi connectivity index (χ1n) is 4.61. The standard InChI is InChI=1S/C9H16O2/c10-9(11)7-3-6-8(9)4-1-2-5-8/h10-11H,1-7H2. The first kappa shape index (κ1) is 7.56. The fraction of sp³-hybridized carbons (Fsp3) is 1.00. The summed E-state index contributed by atoms with van der Waals surface area (Å²) in [5.74, 6) is -1.33. The molecule has 2 heteroatoms. The van der Waals surface area contributed by atoms with Crippen molar-refractivity contribution in [2.45, 2.75) is 50.7 Å². The third-order valence-corrected chi connectivity index (χ3v) is 3.59. The summed E-state index contributed by atoms with van der Waals surface area (Å²) in [6.07, 6.45) is 7.03. The highest BCUT2D eigenvalue weighted by Crippen LogP contribution is 2.55. The van der Waals surface area contributed by atoms with Gasteiger partial charge in [0.25, 0.3) is 0 Å². The van der Waals surface area contributed by atoms with Crippen LogP contribution in [0, 0.1) is 5.41 Å². The molecule has 2 aliphatic rings. The molecular formula is C9H16O2. The van der Waals surface area contributed by atoms with Crippen LogP contribution in [0.25, 0.3) is 0 Å². The minimum absolute atomic E-state index is 0.104. The van der Waals surface area contributed by atoms with E-state index in [1.807, 2.05) is 0 Å². The van der Waals surface area contributed by atoms with E-state index in [0.29, 0.717) is 6.42 Å². The molecule has 2 nitrogen and oxygen atoms in total. The molecule has 0 heterocycles. The molecule has 0 bridgehead atoms. The number of rotatable bonds is 0. The number of hydrogen-bond acceptors (Lipinski definition) is 2. The zero-order chi connectivity index (χ0) is 7.95. The molecule has 2 aliphatic carbocycles. The lowest BCUT2D eigenvalue weighted by molar-refractivity contribution is -0.224. The maximum absolute atomic E-state index is 9.70. The summed E-state index contributed by atoms with van der Waals surface area (Å²) in [5.41, 5.74) is -0.104. The zero-order valence-electron chi connectivity index (χ0n) is 6.84. The molecule has 0 amide bonds. The van der Waals surface area contributed by atoms with Crippen LogP contribution in [0.5, 0.6) is 0 Å². The van der Waals surface area contributed by atoms with Crippen LogP contribution < -0.4 is 0 Å². The molecule has 2 N–H and O–H groups in total. The van der Waals surface area contributed by atoms with Crippen molar-refractivity contribution in [2.75, 3.05) is 0 Å². The van der Waals surface area contributed by atoms with Crippen LogP contribution in [-0.4, -0.2) is 16.0 Å². The molecule has 0 radical (unpaired) electrons. The van der Waals surface area contributed by atoms with Crippen molar-refractivity contribution >= 4 is 0 Å². The van der Waals surface area contributed by atoms with Gasteiger partial charge in [-0.05, 0) is 25.7 Å². The lowest BCUT2D eigenvalue weighted by Gasteiger charge is -2.34. The molecular weight excluding hydrogens is 140 g/mol. The number of hydrogen-bond donors (Lipinski definition) is 2. The average Bonchev–Trinajstić information content (AvgIpc) is 2.45. The predicted octanol–water partition coefficient (Wildman–Crippen LogP) is 1.41. The second-order valence-corrected chi connectivity index (χ2v) is 4.16. The van der Waals surface area contributed by atoms with Gasteiger partial charge in [0.05, 0.1) is 0 Å².